The molecule has 1 amide bonds. The van der Waals surface area contributed by atoms with Crippen molar-refractivity contribution in [3.05, 3.63) is 27.7 Å². The Hall–Kier alpha value is -0.590. The highest BCUT2D eigenvalue weighted by Crippen LogP contribution is 2.32. The Morgan fingerprint density at radius 1 is 1.35 bits per heavy atom. The predicted molar refractivity (Wildman–Crippen MR) is 83.7 cm³/mol. The molecule has 1 aromatic rings. The van der Waals surface area contributed by atoms with E-state index in [1.807, 2.05) is 26.0 Å². The molecule has 1 saturated heterocycles. The van der Waals surface area contributed by atoms with Crippen molar-refractivity contribution in [1.29, 1.82) is 0 Å². The van der Waals surface area contributed by atoms with Crippen LogP contribution in [0.1, 0.15) is 17.5 Å². The minimum atomic E-state index is -3.58. The zero-order valence-corrected chi connectivity index (χ0v) is 14.3. The Balaban J connectivity index is 2.26. The monoisotopic (exact) mass is 379 g/mol. The van der Waals surface area contributed by atoms with E-state index in [0.29, 0.717) is 6.54 Å². The first kappa shape index (κ1) is 15.8. The van der Waals surface area contributed by atoms with Gasteiger partial charge in [0.05, 0.1) is 5.75 Å². The average Bonchev–Trinajstić information content (AvgIpc) is 2.62. The molecule has 1 heterocycles. The molecule has 1 unspecified atom stereocenters. The largest absolute Gasteiger partial charge is 0.312 e. The zero-order chi connectivity index (χ0) is 15.1. The van der Waals surface area contributed by atoms with E-state index in [2.05, 4.69) is 15.9 Å². The van der Waals surface area contributed by atoms with Gasteiger partial charge in [-0.15, -0.1) is 0 Å². The molecule has 0 N–H and O–H groups in total. The van der Waals surface area contributed by atoms with Crippen molar-refractivity contribution in [1.82, 2.24) is 0 Å². The Labute approximate surface area is 131 Å². The predicted octanol–water partition coefficient (Wildman–Crippen LogP) is 2.99. The number of nitrogens with zero attached hydrogens (tertiary/aromatic N) is 1. The topological polar surface area (TPSA) is 54.5 Å². The Kier molecular flexibility index (Phi) is 4.47. The molecule has 1 atom stereocenters. The molecule has 0 radical (unpaired) electrons. The van der Waals surface area contributed by atoms with Crippen LogP contribution in [0.3, 0.4) is 0 Å². The number of halogens is 2. The number of anilines is 1. The summed E-state index contributed by atoms with van der Waals surface area (Å²) in [5.74, 6) is -0.471. The molecule has 7 heteroatoms. The smallest absolute Gasteiger partial charge is 0.232 e. The highest BCUT2D eigenvalue weighted by atomic mass is 79.9. The van der Waals surface area contributed by atoms with Crippen LogP contribution >= 0.6 is 26.6 Å². The summed E-state index contributed by atoms with van der Waals surface area (Å²) in [7, 11) is 1.69. The summed E-state index contributed by atoms with van der Waals surface area (Å²) in [6, 6.07) is 3.90. The van der Waals surface area contributed by atoms with Crippen LogP contribution in [-0.2, 0) is 13.8 Å². The average molecular weight is 381 g/mol. The van der Waals surface area contributed by atoms with Gasteiger partial charge >= 0.3 is 0 Å². The normalized spacial score (nSPS) is 19.7. The van der Waals surface area contributed by atoms with Crippen LogP contribution < -0.4 is 4.90 Å². The van der Waals surface area contributed by atoms with E-state index in [4.69, 9.17) is 10.7 Å². The molecule has 1 fully saturated rings. The number of aryl methyl sites for hydroxylation is 2. The molecule has 20 heavy (non-hydrogen) atoms. The van der Waals surface area contributed by atoms with E-state index >= 15 is 0 Å². The molecule has 0 bridgehead atoms. The Morgan fingerprint density at radius 2 is 2.00 bits per heavy atom. The van der Waals surface area contributed by atoms with Crippen molar-refractivity contribution in [2.24, 2.45) is 5.92 Å². The zero-order valence-electron chi connectivity index (χ0n) is 11.2. The van der Waals surface area contributed by atoms with E-state index in [0.717, 1.165) is 21.3 Å². The number of benzene rings is 1. The van der Waals surface area contributed by atoms with Gasteiger partial charge in [0.25, 0.3) is 0 Å². The molecule has 110 valence electrons. The van der Waals surface area contributed by atoms with Gasteiger partial charge in [-0.25, -0.2) is 8.42 Å². The van der Waals surface area contributed by atoms with Gasteiger partial charge in [0, 0.05) is 39.7 Å². The summed E-state index contributed by atoms with van der Waals surface area (Å²) in [4.78, 5) is 13.7. The number of hydrogen-bond acceptors (Lipinski definition) is 3. The van der Waals surface area contributed by atoms with Gasteiger partial charge in [-0.05, 0) is 31.0 Å². The maximum absolute atomic E-state index is 12.1. The third-order valence-corrected chi connectivity index (χ3v) is 5.51. The quantitative estimate of drug-likeness (QED) is 0.758. The van der Waals surface area contributed by atoms with Crippen molar-refractivity contribution in [3.63, 3.8) is 0 Å². The fourth-order valence-corrected chi connectivity index (χ4v) is 4.17. The van der Waals surface area contributed by atoms with Crippen LogP contribution in [-0.4, -0.2) is 26.6 Å². The highest BCUT2D eigenvalue weighted by Gasteiger charge is 2.33. The van der Waals surface area contributed by atoms with Crippen molar-refractivity contribution >= 4 is 47.3 Å². The summed E-state index contributed by atoms with van der Waals surface area (Å²) in [6.07, 6.45) is 0.219. The van der Waals surface area contributed by atoms with Gasteiger partial charge in [0.15, 0.2) is 0 Å². The SMILES string of the molecule is Cc1cc(C)c(N2CC(CS(=O)(=O)Cl)CC2=O)cc1Br. The van der Waals surface area contributed by atoms with E-state index in [1.54, 1.807) is 4.90 Å². The molecule has 1 aliphatic rings. The third kappa shape index (κ3) is 3.54. The van der Waals surface area contributed by atoms with E-state index < -0.39 is 9.05 Å². The number of hydrogen-bond donors (Lipinski definition) is 0. The summed E-state index contributed by atoms with van der Waals surface area (Å²) < 4.78 is 23.2. The summed E-state index contributed by atoms with van der Waals surface area (Å²) in [6.45, 7) is 4.31. The molecule has 1 aromatic carbocycles. The lowest BCUT2D eigenvalue weighted by atomic mass is 10.1. The van der Waals surface area contributed by atoms with Crippen LogP contribution in [0.4, 0.5) is 5.69 Å². The van der Waals surface area contributed by atoms with Crippen molar-refractivity contribution in [2.75, 3.05) is 17.2 Å². The van der Waals surface area contributed by atoms with Gasteiger partial charge in [0.2, 0.25) is 15.0 Å². The molecule has 4 nitrogen and oxygen atoms in total. The lowest BCUT2D eigenvalue weighted by Crippen LogP contribution is -2.26. The molecule has 0 saturated carbocycles. The fourth-order valence-electron chi connectivity index (χ4n) is 2.51. The van der Waals surface area contributed by atoms with Crippen LogP contribution in [0.15, 0.2) is 16.6 Å². The Morgan fingerprint density at radius 3 is 2.60 bits per heavy atom. The standard InChI is InChI=1S/C13H15BrClNO3S/c1-8-3-9(2)12(5-11(8)14)16-6-10(4-13(16)17)7-20(15,18)19/h3,5,10H,4,6-7H2,1-2H3. The maximum atomic E-state index is 12.1. The first-order valence-corrected chi connectivity index (χ1v) is 9.44. The number of rotatable bonds is 3. The first-order chi connectivity index (χ1) is 9.17. The van der Waals surface area contributed by atoms with Crippen LogP contribution in [0.2, 0.25) is 0 Å². The number of carbonyl (C=O) groups is 1. The summed E-state index contributed by atoms with van der Waals surface area (Å²) in [5.41, 5.74) is 2.91. The van der Waals surface area contributed by atoms with Crippen molar-refractivity contribution in [3.8, 4) is 0 Å². The maximum Gasteiger partial charge on any atom is 0.232 e. The van der Waals surface area contributed by atoms with Crippen LogP contribution in [0, 0.1) is 19.8 Å². The second-order valence-electron chi connectivity index (χ2n) is 5.17. The number of carbonyl (C=O) groups excluding carboxylic acids is 1. The fraction of sp³-hybridized carbons (Fsp3) is 0.462. The van der Waals surface area contributed by atoms with Crippen LogP contribution in [0.25, 0.3) is 0 Å². The minimum Gasteiger partial charge on any atom is -0.312 e. The molecular weight excluding hydrogens is 366 g/mol. The van der Waals surface area contributed by atoms with E-state index in [1.165, 1.54) is 0 Å². The lowest BCUT2D eigenvalue weighted by molar-refractivity contribution is -0.117. The second-order valence-corrected chi connectivity index (χ2v) is 8.84. The van der Waals surface area contributed by atoms with E-state index in [9.17, 15) is 13.2 Å². The van der Waals surface area contributed by atoms with Gasteiger partial charge in [-0.2, -0.15) is 0 Å². The van der Waals surface area contributed by atoms with Gasteiger partial charge in [0.1, 0.15) is 0 Å². The van der Waals surface area contributed by atoms with Crippen molar-refractivity contribution in [2.45, 2.75) is 20.3 Å². The van der Waals surface area contributed by atoms with Crippen molar-refractivity contribution < 1.29 is 13.2 Å². The molecule has 2 rings (SSSR count). The summed E-state index contributed by atoms with van der Waals surface area (Å²) >= 11 is 3.46. The minimum absolute atomic E-state index is 0.0610. The molecule has 0 spiro atoms. The molecule has 1 aliphatic heterocycles. The van der Waals surface area contributed by atoms with Gasteiger partial charge < -0.3 is 4.90 Å². The Bertz CT molecular complexity index is 660. The first-order valence-electron chi connectivity index (χ1n) is 6.17. The van der Waals surface area contributed by atoms with Gasteiger partial charge in [-0.3, -0.25) is 4.79 Å². The number of amides is 1. The highest BCUT2D eigenvalue weighted by molar-refractivity contribution is 9.10. The molecule has 0 aromatic heterocycles. The van der Waals surface area contributed by atoms with Gasteiger partial charge in [-0.1, -0.05) is 22.0 Å². The molecular formula is C13H15BrClNO3S. The summed E-state index contributed by atoms with van der Waals surface area (Å²) in [5, 5.41) is 0. The lowest BCUT2D eigenvalue weighted by Gasteiger charge is -2.20. The second kappa shape index (κ2) is 5.66. The van der Waals surface area contributed by atoms with E-state index in [-0.39, 0.29) is 24.0 Å². The third-order valence-electron chi connectivity index (χ3n) is 3.41. The van der Waals surface area contributed by atoms with Crippen LogP contribution in [0.5, 0.6) is 0 Å². The molecule has 0 aliphatic carbocycles.